The van der Waals surface area contributed by atoms with Crippen molar-refractivity contribution in [3.63, 3.8) is 0 Å². The number of hydrogen-bond donors (Lipinski definition) is 1. The summed E-state index contributed by atoms with van der Waals surface area (Å²) >= 11 is 0. The van der Waals surface area contributed by atoms with Gasteiger partial charge in [0.1, 0.15) is 12.1 Å². The van der Waals surface area contributed by atoms with Gasteiger partial charge in [0, 0.05) is 12.1 Å². The number of nitrogens with zero attached hydrogens (tertiary/aromatic N) is 2. The molecule has 1 unspecified atom stereocenters. The largest absolute Gasteiger partial charge is 0.475 e. The van der Waals surface area contributed by atoms with E-state index in [4.69, 9.17) is 4.74 Å². The number of ether oxygens (including phenoxy) is 1. The molecule has 1 aromatic rings. The average molecular weight is 233 g/mol. The van der Waals surface area contributed by atoms with Crippen molar-refractivity contribution in [1.29, 1.82) is 0 Å². The molecule has 0 spiro atoms. The highest BCUT2D eigenvalue weighted by molar-refractivity contribution is 5.38. The van der Waals surface area contributed by atoms with Crippen LogP contribution in [0.2, 0.25) is 0 Å². The summed E-state index contributed by atoms with van der Waals surface area (Å²) in [4.78, 5) is 8.30. The van der Waals surface area contributed by atoms with Crippen LogP contribution >= 0.6 is 0 Å². The third-order valence-electron chi connectivity index (χ3n) is 2.62. The zero-order chi connectivity index (χ0) is 12.1. The predicted molar refractivity (Wildman–Crippen MR) is 68.2 cm³/mol. The molecule has 0 fully saturated rings. The summed E-state index contributed by atoms with van der Waals surface area (Å²) in [5.41, 5.74) is 0. The summed E-state index contributed by atoms with van der Waals surface area (Å²) in [5, 5.41) is 3.41. The lowest BCUT2D eigenvalue weighted by Crippen LogP contribution is -2.21. The Balaban J connectivity index is 1.98. The molecule has 17 heavy (non-hydrogen) atoms. The van der Waals surface area contributed by atoms with Crippen molar-refractivity contribution in [1.82, 2.24) is 9.97 Å². The van der Waals surface area contributed by atoms with Gasteiger partial charge in [0.05, 0.1) is 6.10 Å². The normalized spacial score (nSPS) is 19.4. The van der Waals surface area contributed by atoms with Crippen molar-refractivity contribution in [2.75, 3.05) is 5.32 Å². The summed E-state index contributed by atoms with van der Waals surface area (Å²) in [7, 11) is 0. The maximum absolute atomic E-state index is 5.54. The van der Waals surface area contributed by atoms with Gasteiger partial charge >= 0.3 is 0 Å². The Morgan fingerprint density at radius 1 is 1.35 bits per heavy atom. The van der Waals surface area contributed by atoms with E-state index in [1.807, 2.05) is 19.9 Å². The first-order valence-corrected chi connectivity index (χ1v) is 6.14. The molecule has 4 nitrogen and oxygen atoms in total. The monoisotopic (exact) mass is 233 g/mol. The van der Waals surface area contributed by atoms with E-state index >= 15 is 0 Å². The van der Waals surface area contributed by atoms with Crippen LogP contribution in [0.3, 0.4) is 0 Å². The van der Waals surface area contributed by atoms with E-state index in [-0.39, 0.29) is 6.10 Å². The topological polar surface area (TPSA) is 47.0 Å². The van der Waals surface area contributed by atoms with Gasteiger partial charge in [-0.25, -0.2) is 9.97 Å². The van der Waals surface area contributed by atoms with Crippen molar-refractivity contribution in [2.45, 2.75) is 45.3 Å². The summed E-state index contributed by atoms with van der Waals surface area (Å²) < 4.78 is 5.54. The molecule has 0 saturated carbocycles. The van der Waals surface area contributed by atoms with Crippen molar-refractivity contribution in [3.05, 3.63) is 24.5 Å². The van der Waals surface area contributed by atoms with E-state index in [2.05, 4.69) is 27.4 Å². The predicted octanol–water partition coefficient (Wildman–Crippen LogP) is 2.78. The molecule has 1 aromatic heterocycles. The van der Waals surface area contributed by atoms with Crippen molar-refractivity contribution >= 4 is 5.82 Å². The Hall–Kier alpha value is -1.58. The smallest absolute Gasteiger partial charge is 0.218 e. The summed E-state index contributed by atoms with van der Waals surface area (Å²) in [6.45, 7) is 3.97. The van der Waals surface area contributed by atoms with Crippen LogP contribution in [0.4, 0.5) is 5.82 Å². The van der Waals surface area contributed by atoms with E-state index in [1.54, 1.807) is 6.33 Å². The van der Waals surface area contributed by atoms with Crippen LogP contribution in [0.15, 0.2) is 24.5 Å². The van der Waals surface area contributed by atoms with Crippen LogP contribution in [-0.4, -0.2) is 22.1 Å². The Morgan fingerprint density at radius 2 is 2.24 bits per heavy atom. The molecule has 0 saturated heterocycles. The maximum atomic E-state index is 5.54. The Bertz CT molecular complexity index is 390. The highest BCUT2D eigenvalue weighted by atomic mass is 16.5. The zero-order valence-electron chi connectivity index (χ0n) is 10.4. The first-order valence-electron chi connectivity index (χ1n) is 6.14. The molecule has 92 valence electrons. The van der Waals surface area contributed by atoms with Crippen LogP contribution in [0.5, 0.6) is 5.88 Å². The van der Waals surface area contributed by atoms with E-state index in [0.29, 0.717) is 11.9 Å². The SMILES string of the molecule is CC(C)Oc1cc(NC2CC=CCC2)ncn1. The highest BCUT2D eigenvalue weighted by Crippen LogP contribution is 2.18. The lowest BCUT2D eigenvalue weighted by molar-refractivity contribution is 0.232. The summed E-state index contributed by atoms with van der Waals surface area (Å²) in [5.74, 6) is 1.47. The standard InChI is InChI=1S/C13H19N3O/c1-10(2)17-13-8-12(14-9-15-13)16-11-6-4-3-5-7-11/h3-4,8-11H,5-7H2,1-2H3,(H,14,15,16). The van der Waals surface area contributed by atoms with Crippen molar-refractivity contribution in [2.24, 2.45) is 0 Å². The fourth-order valence-electron chi connectivity index (χ4n) is 1.86. The molecule has 1 aliphatic carbocycles. The molecule has 0 radical (unpaired) electrons. The third kappa shape index (κ3) is 3.73. The molecule has 0 bridgehead atoms. The first kappa shape index (κ1) is 11.9. The van der Waals surface area contributed by atoms with Gasteiger partial charge in [-0.15, -0.1) is 0 Å². The molecular formula is C13H19N3O. The van der Waals surface area contributed by atoms with E-state index in [0.717, 1.165) is 25.1 Å². The number of anilines is 1. The van der Waals surface area contributed by atoms with Gasteiger partial charge in [0.25, 0.3) is 0 Å². The van der Waals surface area contributed by atoms with Crippen molar-refractivity contribution < 1.29 is 4.74 Å². The average Bonchev–Trinajstić information content (AvgIpc) is 2.30. The molecule has 1 heterocycles. The second-order valence-corrected chi connectivity index (χ2v) is 4.53. The molecule has 1 aliphatic rings. The van der Waals surface area contributed by atoms with Crippen LogP contribution in [0, 0.1) is 0 Å². The molecule has 0 aliphatic heterocycles. The zero-order valence-corrected chi connectivity index (χ0v) is 10.4. The Morgan fingerprint density at radius 3 is 2.94 bits per heavy atom. The van der Waals surface area contributed by atoms with Crippen LogP contribution < -0.4 is 10.1 Å². The van der Waals surface area contributed by atoms with E-state index < -0.39 is 0 Å². The number of aromatic nitrogens is 2. The molecule has 1 atom stereocenters. The molecule has 0 aromatic carbocycles. The Labute approximate surface area is 102 Å². The van der Waals surface area contributed by atoms with Gasteiger partial charge in [-0.3, -0.25) is 0 Å². The van der Waals surface area contributed by atoms with E-state index in [1.165, 1.54) is 0 Å². The molecule has 2 rings (SSSR count). The van der Waals surface area contributed by atoms with Crippen LogP contribution in [0.1, 0.15) is 33.1 Å². The van der Waals surface area contributed by atoms with Crippen molar-refractivity contribution in [3.8, 4) is 5.88 Å². The van der Waals surface area contributed by atoms with Gasteiger partial charge in [-0.1, -0.05) is 12.2 Å². The number of rotatable bonds is 4. The minimum Gasteiger partial charge on any atom is -0.475 e. The van der Waals surface area contributed by atoms with Gasteiger partial charge in [0.15, 0.2) is 0 Å². The van der Waals surface area contributed by atoms with Crippen LogP contribution in [-0.2, 0) is 0 Å². The summed E-state index contributed by atoms with van der Waals surface area (Å²) in [6.07, 6.45) is 9.47. The molecule has 4 heteroatoms. The first-order chi connectivity index (χ1) is 8.24. The number of nitrogens with one attached hydrogen (secondary N) is 1. The summed E-state index contributed by atoms with van der Waals surface area (Å²) in [6, 6.07) is 2.33. The fourth-order valence-corrected chi connectivity index (χ4v) is 1.86. The van der Waals surface area contributed by atoms with E-state index in [9.17, 15) is 0 Å². The minimum absolute atomic E-state index is 0.135. The van der Waals surface area contributed by atoms with Crippen LogP contribution in [0.25, 0.3) is 0 Å². The molecular weight excluding hydrogens is 214 g/mol. The minimum atomic E-state index is 0.135. The van der Waals surface area contributed by atoms with Gasteiger partial charge in [-0.2, -0.15) is 0 Å². The highest BCUT2D eigenvalue weighted by Gasteiger charge is 2.10. The lowest BCUT2D eigenvalue weighted by Gasteiger charge is -2.20. The quantitative estimate of drug-likeness (QED) is 0.812. The second kappa shape index (κ2) is 5.66. The van der Waals surface area contributed by atoms with Gasteiger partial charge in [0.2, 0.25) is 5.88 Å². The van der Waals surface area contributed by atoms with Gasteiger partial charge < -0.3 is 10.1 Å². The number of allylic oxidation sites excluding steroid dienone is 1. The molecule has 1 N–H and O–H groups in total. The number of hydrogen-bond acceptors (Lipinski definition) is 4. The maximum Gasteiger partial charge on any atom is 0.218 e. The lowest BCUT2D eigenvalue weighted by atomic mass is 10.0. The Kier molecular flexibility index (Phi) is 3.96. The molecule has 0 amide bonds. The van der Waals surface area contributed by atoms with Gasteiger partial charge in [-0.05, 0) is 33.1 Å². The third-order valence-corrected chi connectivity index (χ3v) is 2.62. The fraction of sp³-hybridized carbons (Fsp3) is 0.538. The second-order valence-electron chi connectivity index (χ2n) is 4.53.